The highest BCUT2D eigenvalue weighted by Crippen LogP contribution is 2.21. The van der Waals surface area contributed by atoms with Gasteiger partial charge in [0.25, 0.3) is 0 Å². The van der Waals surface area contributed by atoms with Crippen LogP contribution in [0.4, 0.5) is 0 Å². The Bertz CT molecular complexity index is 295. The number of hydrogen-bond donors (Lipinski definition) is 0. The number of carbonyl (C=O) groups is 1. The first-order chi connectivity index (χ1) is 6.88. The maximum Gasteiger partial charge on any atom is 0.338 e. The number of carbonyl (C=O) groups excluding carboxylic acids is 1. The van der Waals surface area contributed by atoms with Crippen LogP contribution in [0.1, 0.15) is 26.7 Å². The largest absolute Gasteiger partial charge is 0.462 e. The van der Waals surface area contributed by atoms with Crippen LogP contribution in [0.25, 0.3) is 0 Å². The predicted octanol–water partition coefficient (Wildman–Crippen LogP) is 2.77. The molecule has 0 aromatic rings. The van der Waals surface area contributed by atoms with Crippen LogP contribution in [0, 0.1) is 0 Å². The molecule has 0 saturated heterocycles. The molecule has 0 amide bonds. The summed E-state index contributed by atoms with van der Waals surface area (Å²) in [5.74, 6) is -0.181. The molecule has 0 bridgehead atoms. The maximum absolute atomic E-state index is 11.2. The third kappa shape index (κ3) is 2.34. The second kappa shape index (κ2) is 5.43. The summed E-state index contributed by atoms with van der Waals surface area (Å²) in [6.07, 6.45) is 9.68. The molecule has 0 radical (unpaired) electrons. The summed E-state index contributed by atoms with van der Waals surface area (Å²) in [5, 5.41) is 0. The molecule has 76 valence electrons. The summed E-state index contributed by atoms with van der Waals surface area (Å²) >= 11 is 0. The minimum absolute atomic E-state index is 0.181. The highest BCUT2D eigenvalue weighted by Gasteiger charge is 2.18. The lowest BCUT2D eigenvalue weighted by molar-refractivity contribution is -0.139. The van der Waals surface area contributed by atoms with Crippen LogP contribution in [-0.4, -0.2) is 12.6 Å². The zero-order chi connectivity index (χ0) is 10.4. The van der Waals surface area contributed by atoms with Gasteiger partial charge in [0.05, 0.1) is 12.2 Å². The van der Waals surface area contributed by atoms with Crippen LogP contribution in [-0.2, 0) is 9.53 Å². The fraction of sp³-hybridized carbons (Fsp3) is 0.417. The Morgan fingerprint density at radius 1 is 1.21 bits per heavy atom. The molecule has 0 unspecified atom stereocenters. The first-order valence-corrected chi connectivity index (χ1v) is 5.11. The fourth-order valence-corrected chi connectivity index (χ4v) is 1.42. The molecular weight excluding hydrogens is 176 g/mol. The lowest BCUT2D eigenvalue weighted by atomic mass is 10.0. The molecule has 0 atom stereocenters. The van der Waals surface area contributed by atoms with Crippen molar-refractivity contribution in [3.8, 4) is 0 Å². The van der Waals surface area contributed by atoms with Crippen molar-refractivity contribution in [3.05, 3.63) is 35.5 Å². The fourth-order valence-electron chi connectivity index (χ4n) is 1.42. The number of cyclic esters (lactones) is 1. The molecule has 1 aliphatic heterocycles. The molecule has 1 heterocycles. The van der Waals surface area contributed by atoms with E-state index < -0.39 is 0 Å². The van der Waals surface area contributed by atoms with Gasteiger partial charge in [0.15, 0.2) is 0 Å². The SMILES string of the molecule is CC.O=C1OCCC2=C1C=CCC=C2. The van der Waals surface area contributed by atoms with Gasteiger partial charge in [-0.3, -0.25) is 0 Å². The van der Waals surface area contributed by atoms with Crippen molar-refractivity contribution in [2.75, 3.05) is 6.61 Å². The second-order valence-electron chi connectivity index (χ2n) is 2.87. The molecular formula is C12H16O2. The molecule has 2 nitrogen and oxygen atoms in total. The van der Waals surface area contributed by atoms with Crippen LogP contribution in [0.3, 0.4) is 0 Å². The van der Waals surface area contributed by atoms with E-state index in [1.165, 1.54) is 0 Å². The van der Waals surface area contributed by atoms with Gasteiger partial charge in [0.1, 0.15) is 0 Å². The minimum atomic E-state index is -0.181. The van der Waals surface area contributed by atoms with Gasteiger partial charge in [-0.25, -0.2) is 4.79 Å². The lowest BCUT2D eigenvalue weighted by Crippen LogP contribution is -2.15. The van der Waals surface area contributed by atoms with Crippen molar-refractivity contribution < 1.29 is 9.53 Å². The van der Waals surface area contributed by atoms with Gasteiger partial charge in [-0.1, -0.05) is 38.2 Å². The first-order valence-electron chi connectivity index (χ1n) is 5.11. The minimum Gasteiger partial charge on any atom is -0.462 e. The molecule has 0 N–H and O–H groups in total. The van der Waals surface area contributed by atoms with E-state index >= 15 is 0 Å². The Morgan fingerprint density at radius 2 is 1.93 bits per heavy atom. The van der Waals surface area contributed by atoms with Crippen molar-refractivity contribution in [1.29, 1.82) is 0 Å². The Balaban J connectivity index is 0.000000461. The number of hydrogen-bond acceptors (Lipinski definition) is 2. The van der Waals surface area contributed by atoms with Gasteiger partial charge in [-0.15, -0.1) is 0 Å². The zero-order valence-electron chi connectivity index (χ0n) is 8.75. The zero-order valence-corrected chi connectivity index (χ0v) is 8.75. The van der Waals surface area contributed by atoms with E-state index in [0.29, 0.717) is 6.61 Å². The third-order valence-electron chi connectivity index (χ3n) is 2.05. The van der Waals surface area contributed by atoms with E-state index in [9.17, 15) is 4.79 Å². The van der Waals surface area contributed by atoms with Crippen molar-refractivity contribution in [3.63, 3.8) is 0 Å². The van der Waals surface area contributed by atoms with Gasteiger partial charge in [0.2, 0.25) is 0 Å². The second-order valence-corrected chi connectivity index (χ2v) is 2.87. The summed E-state index contributed by atoms with van der Waals surface area (Å²) in [6.45, 7) is 4.52. The van der Waals surface area contributed by atoms with Crippen molar-refractivity contribution in [2.24, 2.45) is 0 Å². The van der Waals surface area contributed by atoms with Gasteiger partial charge >= 0.3 is 5.97 Å². The van der Waals surface area contributed by atoms with Gasteiger partial charge in [0, 0.05) is 6.42 Å². The predicted molar refractivity (Wildman–Crippen MR) is 56.8 cm³/mol. The molecule has 1 aliphatic carbocycles. The average molecular weight is 192 g/mol. The Labute approximate surface area is 85.0 Å². The maximum atomic E-state index is 11.2. The van der Waals surface area contributed by atoms with E-state index in [1.54, 1.807) is 0 Å². The standard InChI is InChI=1S/C10H10O2.C2H6/c11-10-9-5-3-1-2-4-8(9)6-7-12-10;1-2/h2-5H,1,6-7H2;1-2H3. The van der Waals surface area contributed by atoms with Crippen LogP contribution >= 0.6 is 0 Å². The molecule has 2 rings (SSSR count). The monoisotopic (exact) mass is 192 g/mol. The number of allylic oxidation sites excluding steroid dienone is 3. The summed E-state index contributed by atoms with van der Waals surface area (Å²) in [4.78, 5) is 11.2. The number of rotatable bonds is 0. The summed E-state index contributed by atoms with van der Waals surface area (Å²) in [6, 6.07) is 0. The van der Waals surface area contributed by atoms with Crippen molar-refractivity contribution in [2.45, 2.75) is 26.7 Å². The Morgan fingerprint density at radius 3 is 2.71 bits per heavy atom. The van der Waals surface area contributed by atoms with Crippen molar-refractivity contribution in [1.82, 2.24) is 0 Å². The van der Waals surface area contributed by atoms with E-state index in [4.69, 9.17) is 4.74 Å². The van der Waals surface area contributed by atoms with Gasteiger partial charge in [-0.2, -0.15) is 0 Å². The summed E-state index contributed by atoms with van der Waals surface area (Å²) in [7, 11) is 0. The molecule has 0 spiro atoms. The average Bonchev–Trinajstić information content (AvgIpc) is 2.47. The van der Waals surface area contributed by atoms with Crippen LogP contribution < -0.4 is 0 Å². The van der Waals surface area contributed by atoms with Gasteiger partial charge in [-0.05, 0) is 12.0 Å². The first kappa shape index (κ1) is 10.8. The number of esters is 1. The van der Waals surface area contributed by atoms with E-state index in [2.05, 4.69) is 6.08 Å². The summed E-state index contributed by atoms with van der Waals surface area (Å²) < 4.78 is 4.92. The van der Waals surface area contributed by atoms with Crippen LogP contribution in [0.15, 0.2) is 35.5 Å². The van der Waals surface area contributed by atoms with E-state index in [0.717, 1.165) is 24.0 Å². The Hall–Kier alpha value is -1.31. The molecule has 0 aromatic heterocycles. The normalized spacial score (nSPS) is 19.1. The quantitative estimate of drug-likeness (QED) is 0.552. The van der Waals surface area contributed by atoms with Crippen LogP contribution in [0.5, 0.6) is 0 Å². The van der Waals surface area contributed by atoms with Gasteiger partial charge < -0.3 is 4.74 Å². The smallest absolute Gasteiger partial charge is 0.338 e. The van der Waals surface area contributed by atoms with E-state index in [1.807, 2.05) is 32.1 Å². The number of ether oxygens (including phenoxy) is 1. The lowest BCUT2D eigenvalue weighted by Gasteiger charge is -2.14. The van der Waals surface area contributed by atoms with Crippen molar-refractivity contribution >= 4 is 5.97 Å². The Kier molecular flexibility index (Phi) is 4.17. The topological polar surface area (TPSA) is 26.3 Å². The molecule has 0 saturated carbocycles. The van der Waals surface area contributed by atoms with Crippen LogP contribution in [0.2, 0.25) is 0 Å². The molecule has 2 heteroatoms. The molecule has 14 heavy (non-hydrogen) atoms. The molecule has 0 fully saturated rings. The highest BCUT2D eigenvalue weighted by molar-refractivity contribution is 5.94. The third-order valence-corrected chi connectivity index (χ3v) is 2.05. The molecule has 0 aromatic carbocycles. The highest BCUT2D eigenvalue weighted by atomic mass is 16.5. The van der Waals surface area contributed by atoms with E-state index in [-0.39, 0.29) is 5.97 Å². The molecule has 2 aliphatic rings. The summed E-state index contributed by atoms with van der Waals surface area (Å²) in [5.41, 5.74) is 1.84.